The summed E-state index contributed by atoms with van der Waals surface area (Å²) in [5.41, 5.74) is 0. The molecule has 0 aliphatic heterocycles. The average Bonchev–Trinajstić information content (AvgIpc) is 2.28. The minimum Gasteiger partial charge on any atom is -0.369 e. The van der Waals surface area contributed by atoms with Crippen LogP contribution >= 0.6 is 39.1 Å². The summed E-state index contributed by atoms with van der Waals surface area (Å²) >= 11 is 15.6. The van der Waals surface area contributed by atoms with Gasteiger partial charge in [-0.3, -0.25) is 0 Å². The number of pyridine rings is 1. The third-order valence-electron chi connectivity index (χ3n) is 3.08. The second-order valence-corrected chi connectivity index (χ2v) is 6.43. The number of rotatable bonds is 3. The molecule has 1 aliphatic rings. The first-order chi connectivity index (χ1) is 8.15. The number of alkyl halides is 1. The van der Waals surface area contributed by atoms with Gasteiger partial charge >= 0.3 is 0 Å². The molecule has 1 aromatic heterocycles. The van der Waals surface area contributed by atoms with Crippen LogP contribution in [0.25, 0.3) is 0 Å². The van der Waals surface area contributed by atoms with Gasteiger partial charge in [0.05, 0.1) is 5.02 Å². The van der Waals surface area contributed by atoms with Crippen molar-refractivity contribution in [3.05, 3.63) is 21.8 Å². The Hall–Kier alpha value is 0.01000. The molecular formula is C12H15BrCl2N2. The zero-order valence-electron chi connectivity index (χ0n) is 9.43. The highest BCUT2D eigenvalue weighted by atomic mass is 79.9. The summed E-state index contributed by atoms with van der Waals surface area (Å²) in [6.07, 6.45) is 6.45. The third-order valence-corrected chi connectivity index (χ3v) is 4.20. The standard InChI is InChI=1S/C12H15BrCl2N2/c13-9-5-11(15)12(17-7-9)16-6-8-2-1-3-10(14)4-8/h5,7-8,10H,1-4,6H2,(H,16,17). The van der Waals surface area contributed by atoms with Crippen molar-refractivity contribution in [1.82, 2.24) is 4.98 Å². The van der Waals surface area contributed by atoms with E-state index >= 15 is 0 Å². The maximum absolute atomic E-state index is 6.17. The molecule has 0 saturated heterocycles. The summed E-state index contributed by atoms with van der Waals surface area (Å²) in [5.74, 6) is 1.39. The minimum absolute atomic E-state index is 0.337. The van der Waals surface area contributed by atoms with Crippen LogP contribution in [-0.4, -0.2) is 16.9 Å². The van der Waals surface area contributed by atoms with Crippen molar-refractivity contribution in [3.8, 4) is 0 Å². The fraction of sp³-hybridized carbons (Fsp3) is 0.583. The molecule has 0 bridgehead atoms. The number of aromatic nitrogens is 1. The van der Waals surface area contributed by atoms with E-state index in [0.717, 1.165) is 29.7 Å². The lowest BCUT2D eigenvalue weighted by molar-refractivity contribution is 0.378. The van der Waals surface area contributed by atoms with Crippen LogP contribution in [0.5, 0.6) is 0 Å². The number of halogens is 3. The Balaban J connectivity index is 1.88. The van der Waals surface area contributed by atoms with Gasteiger partial charge < -0.3 is 5.32 Å². The average molecular weight is 338 g/mol. The molecule has 2 rings (SSSR count). The zero-order valence-corrected chi connectivity index (χ0v) is 12.5. The van der Waals surface area contributed by atoms with Crippen LogP contribution in [0, 0.1) is 5.92 Å². The quantitative estimate of drug-likeness (QED) is 0.808. The van der Waals surface area contributed by atoms with Gasteiger partial charge in [0.15, 0.2) is 0 Å². The smallest absolute Gasteiger partial charge is 0.144 e. The van der Waals surface area contributed by atoms with Crippen LogP contribution in [0.3, 0.4) is 0 Å². The Kier molecular flexibility index (Phi) is 4.95. The Bertz CT molecular complexity index is 387. The lowest BCUT2D eigenvalue weighted by atomic mass is 9.89. The topological polar surface area (TPSA) is 24.9 Å². The van der Waals surface area contributed by atoms with E-state index in [1.54, 1.807) is 6.20 Å². The van der Waals surface area contributed by atoms with Crippen LogP contribution in [0.2, 0.25) is 5.02 Å². The summed E-state index contributed by atoms with van der Waals surface area (Å²) in [7, 11) is 0. The van der Waals surface area contributed by atoms with Gasteiger partial charge in [0.25, 0.3) is 0 Å². The summed E-state index contributed by atoms with van der Waals surface area (Å²) in [6.45, 7) is 0.900. The first-order valence-corrected chi connectivity index (χ1v) is 7.45. The van der Waals surface area contributed by atoms with Gasteiger partial charge in [-0.05, 0) is 47.2 Å². The molecule has 17 heavy (non-hydrogen) atoms. The molecule has 2 atom stereocenters. The van der Waals surface area contributed by atoms with E-state index < -0.39 is 0 Å². The van der Waals surface area contributed by atoms with E-state index in [0.29, 0.717) is 16.3 Å². The number of anilines is 1. The second-order valence-electron chi connectivity index (χ2n) is 4.49. The molecule has 2 nitrogen and oxygen atoms in total. The molecule has 1 fully saturated rings. The van der Waals surface area contributed by atoms with Crippen LogP contribution in [-0.2, 0) is 0 Å². The van der Waals surface area contributed by atoms with Gasteiger partial charge in [-0.1, -0.05) is 18.0 Å². The van der Waals surface area contributed by atoms with Gasteiger partial charge in [-0.25, -0.2) is 4.98 Å². The van der Waals surface area contributed by atoms with Gasteiger partial charge in [-0.2, -0.15) is 0 Å². The van der Waals surface area contributed by atoms with Crippen LogP contribution in [0.1, 0.15) is 25.7 Å². The van der Waals surface area contributed by atoms with Crippen molar-refractivity contribution >= 4 is 44.9 Å². The fourth-order valence-electron chi connectivity index (χ4n) is 2.20. The van der Waals surface area contributed by atoms with E-state index in [4.69, 9.17) is 23.2 Å². The predicted molar refractivity (Wildman–Crippen MR) is 77.0 cm³/mol. The van der Waals surface area contributed by atoms with Crippen molar-refractivity contribution in [2.24, 2.45) is 5.92 Å². The lowest BCUT2D eigenvalue weighted by Gasteiger charge is -2.25. The van der Waals surface area contributed by atoms with Gasteiger partial charge in [0, 0.05) is 22.6 Å². The molecule has 2 unspecified atom stereocenters. The van der Waals surface area contributed by atoms with Crippen LogP contribution < -0.4 is 5.32 Å². The van der Waals surface area contributed by atoms with Crippen molar-refractivity contribution in [3.63, 3.8) is 0 Å². The van der Waals surface area contributed by atoms with Crippen LogP contribution in [0.4, 0.5) is 5.82 Å². The number of nitrogens with one attached hydrogen (secondary N) is 1. The lowest BCUT2D eigenvalue weighted by Crippen LogP contribution is -2.22. The van der Waals surface area contributed by atoms with Crippen molar-refractivity contribution in [1.29, 1.82) is 0 Å². The Morgan fingerprint density at radius 1 is 1.47 bits per heavy atom. The van der Waals surface area contributed by atoms with Gasteiger partial charge in [-0.15, -0.1) is 11.6 Å². The van der Waals surface area contributed by atoms with E-state index in [1.165, 1.54) is 12.8 Å². The summed E-state index contributed by atoms with van der Waals surface area (Å²) < 4.78 is 0.895. The Morgan fingerprint density at radius 3 is 3.00 bits per heavy atom. The molecule has 1 N–H and O–H groups in total. The second kappa shape index (κ2) is 6.26. The first-order valence-electron chi connectivity index (χ1n) is 5.84. The molecule has 1 saturated carbocycles. The van der Waals surface area contributed by atoms with Gasteiger partial charge in [0.2, 0.25) is 0 Å². The highest BCUT2D eigenvalue weighted by molar-refractivity contribution is 9.10. The summed E-state index contributed by atoms with van der Waals surface area (Å²) in [4.78, 5) is 4.26. The van der Waals surface area contributed by atoms with E-state index in [2.05, 4.69) is 26.2 Å². The van der Waals surface area contributed by atoms with Gasteiger partial charge in [0.1, 0.15) is 5.82 Å². The molecule has 5 heteroatoms. The van der Waals surface area contributed by atoms with Crippen molar-refractivity contribution in [2.75, 3.05) is 11.9 Å². The van der Waals surface area contributed by atoms with Crippen molar-refractivity contribution in [2.45, 2.75) is 31.1 Å². The molecular weight excluding hydrogens is 323 g/mol. The first kappa shape index (κ1) is 13.4. The maximum Gasteiger partial charge on any atom is 0.144 e. The predicted octanol–water partition coefficient (Wildman–Crippen LogP) is 4.71. The largest absolute Gasteiger partial charge is 0.369 e. The molecule has 0 spiro atoms. The number of hydrogen-bond donors (Lipinski definition) is 1. The molecule has 94 valence electrons. The SMILES string of the molecule is Clc1cc(Br)cnc1NCC1CCCC(Cl)C1. The van der Waals surface area contributed by atoms with E-state index in [1.807, 2.05) is 6.07 Å². The minimum atomic E-state index is 0.337. The normalized spacial score (nSPS) is 24.6. The molecule has 1 heterocycles. The van der Waals surface area contributed by atoms with E-state index in [9.17, 15) is 0 Å². The van der Waals surface area contributed by atoms with E-state index in [-0.39, 0.29) is 0 Å². The zero-order chi connectivity index (χ0) is 12.3. The molecule has 0 aromatic carbocycles. The number of nitrogens with zero attached hydrogens (tertiary/aromatic N) is 1. The summed E-state index contributed by atoms with van der Waals surface area (Å²) in [5, 5.41) is 4.30. The Labute approximate surface area is 120 Å². The third kappa shape index (κ3) is 4.01. The monoisotopic (exact) mass is 336 g/mol. The highest BCUT2D eigenvalue weighted by Gasteiger charge is 2.20. The molecule has 1 aromatic rings. The summed E-state index contributed by atoms with van der Waals surface area (Å²) in [6, 6.07) is 1.85. The van der Waals surface area contributed by atoms with Crippen molar-refractivity contribution < 1.29 is 0 Å². The molecule has 0 radical (unpaired) electrons. The molecule has 1 aliphatic carbocycles. The Morgan fingerprint density at radius 2 is 2.29 bits per heavy atom. The fourth-order valence-corrected chi connectivity index (χ4v) is 3.30. The molecule has 0 amide bonds. The van der Waals surface area contributed by atoms with Crippen LogP contribution in [0.15, 0.2) is 16.7 Å². The maximum atomic E-state index is 6.17. The number of hydrogen-bond acceptors (Lipinski definition) is 2. The highest BCUT2D eigenvalue weighted by Crippen LogP contribution is 2.29.